The maximum absolute atomic E-state index is 12.0. The fourth-order valence-electron chi connectivity index (χ4n) is 1.08. The van der Waals surface area contributed by atoms with E-state index in [1.54, 1.807) is 0 Å². The third kappa shape index (κ3) is 5.25. The molecule has 0 aliphatic rings. The van der Waals surface area contributed by atoms with Crippen LogP contribution in [0.4, 0.5) is 13.2 Å². The number of hydrogen-bond acceptors (Lipinski definition) is 1. The minimum absolute atomic E-state index is 0. The molecule has 0 spiro atoms. The lowest BCUT2D eigenvalue weighted by molar-refractivity contribution is -0.138. The van der Waals surface area contributed by atoms with Crippen LogP contribution in [0.2, 0.25) is 5.02 Å². The average Bonchev–Trinajstić information content (AvgIpc) is 2.02. The summed E-state index contributed by atoms with van der Waals surface area (Å²) < 4.78 is 35.9. The van der Waals surface area contributed by atoms with Crippen molar-refractivity contribution in [3.8, 4) is 0 Å². The van der Waals surface area contributed by atoms with Crippen molar-refractivity contribution < 1.29 is 13.2 Å². The van der Waals surface area contributed by atoms with Gasteiger partial charge in [0.05, 0.1) is 6.42 Å². The summed E-state index contributed by atoms with van der Waals surface area (Å²) in [7, 11) is 0. The molecule has 1 rings (SSSR count). The summed E-state index contributed by atoms with van der Waals surface area (Å²) in [6.07, 6.45) is -5.26. The summed E-state index contributed by atoms with van der Waals surface area (Å²) in [6, 6.07) is 5.02. The highest BCUT2D eigenvalue weighted by atomic mass is 35.5. The molecule has 1 aromatic carbocycles. The summed E-state index contributed by atoms with van der Waals surface area (Å²) in [6.45, 7) is 0. The van der Waals surface area contributed by atoms with Crippen LogP contribution in [0.15, 0.2) is 24.3 Å². The van der Waals surface area contributed by atoms with Gasteiger partial charge in [-0.25, -0.2) is 0 Å². The van der Waals surface area contributed by atoms with Crippen LogP contribution in [0.25, 0.3) is 0 Å². The second kappa shape index (κ2) is 5.58. The van der Waals surface area contributed by atoms with Crippen molar-refractivity contribution in [1.82, 2.24) is 0 Å². The highest BCUT2D eigenvalue weighted by Gasteiger charge is 2.30. The first-order valence-corrected chi connectivity index (χ1v) is 4.34. The molecule has 0 aliphatic heterocycles. The van der Waals surface area contributed by atoms with Crippen LogP contribution < -0.4 is 5.73 Å². The lowest BCUT2D eigenvalue weighted by Crippen LogP contribution is -2.20. The zero-order valence-corrected chi connectivity index (χ0v) is 9.16. The highest BCUT2D eigenvalue weighted by Crippen LogP contribution is 2.28. The van der Waals surface area contributed by atoms with Crippen LogP contribution in [-0.4, -0.2) is 6.18 Å². The van der Waals surface area contributed by atoms with Crippen LogP contribution in [-0.2, 0) is 0 Å². The molecular weight excluding hydrogens is 250 g/mol. The Morgan fingerprint density at radius 2 is 1.67 bits per heavy atom. The van der Waals surface area contributed by atoms with Crippen LogP contribution >= 0.6 is 24.0 Å². The molecule has 0 heterocycles. The van der Waals surface area contributed by atoms with E-state index >= 15 is 0 Å². The van der Waals surface area contributed by atoms with E-state index in [9.17, 15) is 13.2 Å². The van der Waals surface area contributed by atoms with Gasteiger partial charge in [-0.1, -0.05) is 23.7 Å². The Morgan fingerprint density at radius 1 is 1.20 bits per heavy atom. The first kappa shape index (κ1) is 14.6. The molecule has 1 nitrogen and oxygen atoms in total. The molecule has 6 heteroatoms. The van der Waals surface area contributed by atoms with Gasteiger partial charge in [0, 0.05) is 11.1 Å². The molecule has 0 fully saturated rings. The Hall–Kier alpha value is -0.450. The topological polar surface area (TPSA) is 26.0 Å². The molecule has 15 heavy (non-hydrogen) atoms. The van der Waals surface area contributed by atoms with Gasteiger partial charge in [0.25, 0.3) is 0 Å². The van der Waals surface area contributed by atoms with Gasteiger partial charge >= 0.3 is 6.18 Å². The van der Waals surface area contributed by atoms with Gasteiger partial charge in [-0.15, -0.1) is 12.4 Å². The molecule has 2 N–H and O–H groups in total. The molecule has 0 amide bonds. The Bertz CT molecular complexity index is 297. The Labute approximate surface area is 96.8 Å². The monoisotopic (exact) mass is 259 g/mol. The lowest BCUT2D eigenvalue weighted by Gasteiger charge is -2.14. The van der Waals surface area contributed by atoms with E-state index in [4.69, 9.17) is 17.3 Å². The first-order chi connectivity index (χ1) is 6.38. The van der Waals surface area contributed by atoms with Crippen LogP contribution in [0.1, 0.15) is 18.0 Å². The van der Waals surface area contributed by atoms with Gasteiger partial charge in [-0.2, -0.15) is 13.2 Å². The quantitative estimate of drug-likeness (QED) is 0.861. The normalized spacial score (nSPS) is 13.1. The number of rotatable bonds is 2. The minimum Gasteiger partial charge on any atom is -0.324 e. The molecule has 0 unspecified atom stereocenters. The highest BCUT2D eigenvalue weighted by molar-refractivity contribution is 6.30. The SMILES string of the molecule is Cl.N[C@H](CC(F)(F)F)c1ccc(Cl)cc1. The average molecular weight is 260 g/mol. The summed E-state index contributed by atoms with van der Waals surface area (Å²) >= 11 is 5.59. The fraction of sp³-hybridized carbons (Fsp3) is 0.333. The van der Waals surface area contributed by atoms with Gasteiger partial charge in [-0.3, -0.25) is 0 Å². The third-order valence-corrected chi connectivity index (χ3v) is 2.00. The maximum Gasteiger partial charge on any atom is 0.390 e. The van der Waals surface area contributed by atoms with Crippen molar-refractivity contribution in [2.24, 2.45) is 5.73 Å². The van der Waals surface area contributed by atoms with E-state index in [0.29, 0.717) is 10.6 Å². The van der Waals surface area contributed by atoms with E-state index in [0.717, 1.165) is 0 Å². The van der Waals surface area contributed by atoms with E-state index in [1.807, 2.05) is 0 Å². The predicted octanol–water partition coefficient (Wildman–Crippen LogP) is 3.71. The van der Waals surface area contributed by atoms with Crippen molar-refractivity contribution in [2.75, 3.05) is 0 Å². The van der Waals surface area contributed by atoms with Gasteiger partial charge in [0.1, 0.15) is 0 Å². The molecule has 0 saturated heterocycles. The van der Waals surface area contributed by atoms with Crippen LogP contribution in [0.5, 0.6) is 0 Å². The molecule has 0 aliphatic carbocycles. The van der Waals surface area contributed by atoms with Gasteiger partial charge < -0.3 is 5.73 Å². The zero-order valence-electron chi connectivity index (χ0n) is 7.59. The predicted molar refractivity (Wildman–Crippen MR) is 56.3 cm³/mol. The van der Waals surface area contributed by atoms with Crippen molar-refractivity contribution >= 4 is 24.0 Å². The van der Waals surface area contributed by atoms with Crippen molar-refractivity contribution in [2.45, 2.75) is 18.6 Å². The van der Waals surface area contributed by atoms with E-state index in [-0.39, 0.29) is 12.4 Å². The van der Waals surface area contributed by atoms with Gasteiger partial charge in [0.15, 0.2) is 0 Å². The zero-order chi connectivity index (χ0) is 10.8. The molecule has 1 atom stereocenters. The number of nitrogens with two attached hydrogens (primary N) is 1. The molecule has 0 radical (unpaired) electrons. The standard InChI is InChI=1S/C9H9ClF3N.ClH/c10-7-3-1-6(2-4-7)8(14)5-9(11,12)13;/h1-4,8H,5,14H2;1H/t8-;/m1./s1. The first-order valence-electron chi connectivity index (χ1n) is 3.96. The Kier molecular flexibility index (Phi) is 5.42. The second-order valence-electron chi connectivity index (χ2n) is 2.98. The third-order valence-electron chi connectivity index (χ3n) is 1.75. The minimum atomic E-state index is -4.24. The molecule has 0 bridgehead atoms. The summed E-state index contributed by atoms with van der Waals surface area (Å²) in [4.78, 5) is 0. The lowest BCUT2D eigenvalue weighted by atomic mass is 10.1. The van der Waals surface area contributed by atoms with Crippen LogP contribution in [0, 0.1) is 0 Å². The van der Waals surface area contributed by atoms with E-state index in [1.165, 1.54) is 24.3 Å². The van der Waals surface area contributed by atoms with Crippen molar-refractivity contribution in [1.29, 1.82) is 0 Å². The Balaban J connectivity index is 0.00000196. The van der Waals surface area contributed by atoms with Gasteiger partial charge in [0.2, 0.25) is 0 Å². The maximum atomic E-state index is 12.0. The number of benzene rings is 1. The van der Waals surface area contributed by atoms with Crippen molar-refractivity contribution in [3.63, 3.8) is 0 Å². The van der Waals surface area contributed by atoms with Gasteiger partial charge in [-0.05, 0) is 17.7 Å². The Morgan fingerprint density at radius 3 is 2.07 bits per heavy atom. The molecule has 1 aromatic rings. The summed E-state index contributed by atoms with van der Waals surface area (Å²) in [5, 5.41) is 0.480. The molecule has 86 valence electrons. The number of hydrogen-bond donors (Lipinski definition) is 1. The fourth-order valence-corrected chi connectivity index (χ4v) is 1.20. The molecule has 0 saturated carbocycles. The number of halogens is 5. The summed E-state index contributed by atoms with van der Waals surface area (Å²) in [5.74, 6) is 0. The summed E-state index contributed by atoms with van der Waals surface area (Å²) in [5.41, 5.74) is 5.80. The van der Waals surface area contributed by atoms with Crippen LogP contribution in [0.3, 0.4) is 0 Å². The van der Waals surface area contributed by atoms with E-state index < -0.39 is 18.6 Å². The largest absolute Gasteiger partial charge is 0.390 e. The smallest absolute Gasteiger partial charge is 0.324 e. The molecule has 0 aromatic heterocycles. The number of alkyl halides is 3. The molecular formula is C9H10Cl2F3N. The van der Waals surface area contributed by atoms with Crippen molar-refractivity contribution in [3.05, 3.63) is 34.9 Å². The second-order valence-corrected chi connectivity index (χ2v) is 3.41. The van der Waals surface area contributed by atoms with E-state index in [2.05, 4.69) is 0 Å².